The van der Waals surface area contributed by atoms with Crippen molar-refractivity contribution in [1.82, 2.24) is 0 Å². The molecule has 1 fully saturated rings. The number of halogens is 2. The predicted molar refractivity (Wildman–Crippen MR) is 60.5 cm³/mol. The van der Waals surface area contributed by atoms with Crippen molar-refractivity contribution in [2.45, 2.75) is 18.9 Å². The molecule has 1 aliphatic rings. The van der Waals surface area contributed by atoms with Gasteiger partial charge in [0.15, 0.2) is 0 Å². The number of carboxylic acid groups (broad SMARTS) is 1. The molecule has 1 N–H and O–H groups in total. The first-order valence-corrected chi connectivity index (χ1v) is 5.76. The van der Waals surface area contributed by atoms with Gasteiger partial charge < -0.3 is 9.84 Å². The molecule has 1 aromatic rings. The van der Waals surface area contributed by atoms with E-state index in [1.807, 2.05) is 0 Å². The first kappa shape index (κ1) is 12.3. The van der Waals surface area contributed by atoms with E-state index in [1.165, 1.54) is 12.1 Å². The van der Waals surface area contributed by atoms with Crippen LogP contribution < -0.4 is 0 Å². The van der Waals surface area contributed by atoms with E-state index in [4.69, 9.17) is 21.4 Å². The molecular formula is C12H12ClFO3. The average Bonchev–Trinajstić information content (AvgIpc) is 2.27. The lowest BCUT2D eigenvalue weighted by atomic mass is 9.89. The summed E-state index contributed by atoms with van der Waals surface area (Å²) in [4.78, 5) is 11.1. The van der Waals surface area contributed by atoms with E-state index in [0.29, 0.717) is 25.0 Å². The maximum absolute atomic E-state index is 13.2. The van der Waals surface area contributed by atoms with Crippen LogP contribution >= 0.6 is 11.6 Å². The van der Waals surface area contributed by atoms with Gasteiger partial charge in [-0.05, 0) is 36.6 Å². The first-order valence-electron chi connectivity index (χ1n) is 5.38. The van der Waals surface area contributed by atoms with Gasteiger partial charge in [-0.3, -0.25) is 4.79 Å². The van der Waals surface area contributed by atoms with Crippen LogP contribution in [0.1, 0.15) is 24.5 Å². The predicted octanol–water partition coefficient (Wildman–Crippen LogP) is 3.03. The maximum Gasteiger partial charge on any atom is 0.309 e. The summed E-state index contributed by atoms with van der Waals surface area (Å²) in [7, 11) is 0. The Morgan fingerprint density at radius 2 is 2.24 bits per heavy atom. The Balaban J connectivity index is 2.32. The molecule has 0 bridgehead atoms. The molecule has 0 radical (unpaired) electrons. The van der Waals surface area contributed by atoms with Crippen molar-refractivity contribution in [3.63, 3.8) is 0 Å². The van der Waals surface area contributed by atoms with Crippen LogP contribution in [-0.4, -0.2) is 17.7 Å². The van der Waals surface area contributed by atoms with Crippen LogP contribution in [0.25, 0.3) is 0 Å². The van der Waals surface area contributed by atoms with E-state index < -0.39 is 23.8 Å². The molecule has 0 aliphatic carbocycles. The summed E-state index contributed by atoms with van der Waals surface area (Å²) in [6, 6.07) is 4.01. The summed E-state index contributed by atoms with van der Waals surface area (Å²) < 4.78 is 18.7. The summed E-state index contributed by atoms with van der Waals surface area (Å²) in [5, 5.41) is 9.35. The van der Waals surface area contributed by atoms with E-state index in [2.05, 4.69) is 0 Å². The minimum atomic E-state index is -0.921. The van der Waals surface area contributed by atoms with Gasteiger partial charge in [0.25, 0.3) is 0 Å². The van der Waals surface area contributed by atoms with Crippen LogP contribution in [-0.2, 0) is 9.53 Å². The zero-order chi connectivity index (χ0) is 12.4. The summed E-state index contributed by atoms with van der Waals surface area (Å²) in [6.45, 7) is 0.489. The molecule has 1 heterocycles. The molecular weight excluding hydrogens is 247 g/mol. The highest BCUT2D eigenvalue weighted by atomic mass is 35.5. The minimum absolute atomic E-state index is 0.248. The topological polar surface area (TPSA) is 46.5 Å². The number of carbonyl (C=O) groups is 1. The standard InChI is InChI=1S/C12H12ClFO3/c13-8-4-7(5-9(14)6-8)11-10(12(15)16)2-1-3-17-11/h4-6,10-11H,1-3H2,(H,15,16). The highest BCUT2D eigenvalue weighted by Crippen LogP contribution is 2.35. The van der Waals surface area contributed by atoms with Crippen LogP contribution in [0.3, 0.4) is 0 Å². The van der Waals surface area contributed by atoms with Crippen molar-refractivity contribution in [3.8, 4) is 0 Å². The van der Waals surface area contributed by atoms with Crippen LogP contribution in [0.15, 0.2) is 18.2 Å². The molecule has 1 saturated heterocycles. The Morgan fingerprint density at radius 3 is 2.88 bits per heavy atom. The summed E-state index contributed by atoms with van der Waals surface area (Å²) in [6.07, 6.45) is 0.624. The highest BCUT2D eigenvalue weighted by Gasteiger charge is 2.33. The van der Waals surface area contributed by atoms with E-state index in [-0.39, 0.29) is 5.02 Å². The average molecular weight is 259 g/mol. The van der Waals surface area contributed by atoms with Crippen LogP contribution in [0, 0.1) is 11.7 Å². The van der Waals surface area contributed by atoms with Crippen molar-refractivity contribution in [2.75, 3.05) is 6.61 Å². The number of rotatable bonds is 2. The molecule has 0 aromatic heterocycles. The zero-order valence-electron chi connectivity index (χ0n) is 9.03. The monoisotopic (exact) mass is 258 g/mol. The lowest BCUT2D eigenvalue weighted by Crippen LogP contribution is -2.28. The molecule has 0 amide bonds. The third-order valence-corrected chi connectivity index (χ3v) is 3.07. The number of aliphatic carboxylic acids is 1. The molecule has 2 unspecified atom stereocenters. The molecule has 5 heteroatoms. The van der Waals surface area contributed by atoms with Crippen molar-refractivity contribution >= 4 is 17.6 Å². The van der Waals surface area contributed by atoms with Crippen molar-refractivity contribution in [3.05, 3.63) is 34.6 Å². The second-order valence-electron chi connectivity index (χ2n) is 4.08. The van der Waals surface area contributed by atoms with Gasteiger partial charge in [-0.2, -0.15) is 0 Å². The Kier molecular flexibility index (Phi) is 3.64. The first-order chi connectivity index (χ1) is 8.08. The maximum atomic E-state index is 13.2. The fourth-order valence-electron chi connectivity index (χ4n) is 2.10. The molecule has 0 spiro atoms. The van der Waals surface area contributed by atoms with Gasteiger partial charge in [0, 0.05) is 11.6 Å². The summed E-state index contributed by atoms with van der Waals surface area (Å²) >= 11 is 5.75. The van der Waals surface area contributed by atoms with Gasteiger partial charge >= 0.3 is 5.97 Å². The lowest BCUT2D eigenvalue weighted by Gasteiger charge is -2.29. The van der Waals surface area contributed by atoms with Gasteiger partial charge in [0.05, 0.1) is 12.0 Å². The van der Waals surface area contributed by atoms with Crippen molar-refractivity contribution in [1.29, 1.82) is 0 Å². The Bertz CT molecular complexity index is 416. The Hall–Kier alpha value is -1.13. The van der Waals surface area contributed by atoms with Gasteiger partial charge in [0.1, 0.15) is 5.82 Å². The Labute approximate surface area is 103 Å². The number of benzene rings is 1. The van der Waals surface area contributed by atoms with Gasteiger partial charge in [0.2, 0.25) is 0 Å². The third-order valence-electron chi connectivity index (χ3n) is 2.85. The largest absolute Gasteiger partial charge is 0.481 e. The van der Waals surface area contributed by atoms with E-state index >= 15 is 0 Å². The van der Waals surface area contributed by atoms with E-state index in [1.54, 1.807) is 6.07 Å². The van der Waals surface area contributed by atoms with Gasteiger partial charge in [-0.15, -0.1) is 0 Å². The van der Waals surface area contributed by atoms with Crippen molar-refractivity contribution in [2.24, 2.45) is 5.92 Å². The minimum Gasteiger partial charge on any atom is -0.481 e. The van der Waals surface area contributed by atoms with E-state index in [0.717, 1.165) is 0 Å². The normalized spacial score (nSPS) is 24.6. The highest BCUT2D eigenvalue weighted by molar-refractivity contribution is 6.30. The zero-order valence-corrected chi connectivity index (χ0v) is 9.78. The third kappa shape index (κ3) is 2.76. The molecule has 1 aromatic carbocycles. The second-order valence-corrected chi connectivity index (χ2v) is 4.52. The lowest BCUT2D eigenvalue weighted by molar-refractivity contribution is -0.151. The SMILES string of the molecule is O=C(O)C1CCCOC1c1cc(F)cc(Cl)c1. The number of ether oxygens (including phenoxy) is 1. The molecule has 2 atom stereocenters. The fourth-order valence-corrected chi connectivity index (χ4v) is 2.33. The van der Waals surface area contributed by atoms with E-state index in [9.17, 15) is 9.18 Å². The Morgan fingerprint density at radius 1 is 1.47 bits per heavy atom. The molecule has 17 heavy (non-hydrogen) atoms. The van der Waals surface area contributed by atoms with Crippen LogP contribution in [0.4, 0.5) is 4.39 Å². The van der Waals surface area contributed by atoms with Gasteiger partial charge in [-0.1, -0.05) is 11.6 Å². The number of hydrogen-bond acceptors (Lipinski definition) is 2. The number of carboxylic acids is 1. The smallest absolute Gasteiger partial charge is 0.309 e. The fraction of sp³-hybridized carbons (Fsp3) is 0.417. The van der Waals surface area contributed by atoms with Crippen molar-refractivity contribution < 1.29 is 19.0 Å². The van der Waals surface area contributed by atoms with Crippen LogP contribution in [0.5, 0.6) is 0 Å². The molecule has 3 nitrogen and oxygen atoms in total. The molecule has 1 aliphatic heterocycles. The summed E-state index contributed by atoms with van der Waals surface area (Å²) in [5.41, 5.74) is 0.488. The quantitative estimate of drug-likeness (QED) is 0.887. The molecule has 92 valence electrons. The molecule has 0 saturated carbocycles. The number of hydrogen-bond donors (Lipinski definition) is 1. The van der Waals surface area contributed by atoms with Gasteiger partial charge in [-0.25, -0.2) is 4.39 Å². The van der Waals surface area contributed by atoms with Crippen LogP contribution in [0.2, 0.25) is 5.02 Å². The summed E-state index contributed by atoms with van der Waals surface area (Å²) in [5.74, 6) is -2.04. The molecule has 2 rings (SSSR count). The second kappa shape index (κ2) is 5.02.